The molecule has 0 unspecified atom stereocenters. The fraction of sp³-hybridized carbons (Fsp3) is 0.316. The highest BCUT2D eigenvalue weighted by Crippen LogP contribution is 2.35. The van der Waals surface area contributed by atoms with Crippen LogP contribution in [0.2, 0.25) is 0 Å². The lowest BCUT2D eigenvalue weighted by molar-refractivity contribution is -0.114. The minimum Gasteiger partial charge on any atom is -0.490 e. The van der Waals surface area contributed by atoms with Crippen molar-refractivity contribution in [2.45, 2.75) is 27.4 Å². The van der Waals surface area contributed by atoms with Crippen LogP contribution in [0.4, 0.5) is 5.69 Å². The fourth-order valence-corrected chi connectivity index (χ4v) is 2.70. The van der Waals surface area contributed by atoms with Crippen LogP contribution >= 0.6 is 15.9 Å². The highest BCUT2D eigenvalue weighted by atomic mass is 79.9. The number of anilines is 1. The molecule has 0 radical (unpaired) electrons. The smallest absolute Gasteiger partial charge is 0.221 e. The zero-order valence-electron chi connectivity index (χ0n) is 14.6. The monoisotopic (exact) mass is 407 g/mol. The Balaban J connectivity index is 2.20. The van der Waals surface area contributed by atoms with E-state index >= 15 is 0 Å². The number of ether oxygens (including phenoxy) is 3. The molecule has 134 valence electrons. The Hall–Kier alpha value is -2.21. The van der Waals surface area contributed by atoms with Gasteiger partial charge in [-0.25, -0.2) is 0 Å². The Labute approximate surface area is 156 Å². The lowest BCUT2D eigenvalue weighted by atomic mass is 10.2. The maximum atomic E-state index is 11.3. The van der Waals surface area contributed by atoms with Crippen molar-refractivity contribution in [2.75, 3.05) is 18.5 Å². The van der Waals surface area contributed by atoms with Gasteiger partial charge < -0.3 is 19.5 Å². The number of benzene rings is 2. The van der Waals surface area contributed by atoms with Crippen LogP contribution in [0.5, 0.6) is 17.2 Å². The van der Waals surface area contributed by atoms with Gasteiger partial charge >= 0.3 is 0 Å². The first kappa shape index (κ1) is 19.1. The molecular weight excluding hydrogens is 386 g/mol. The molecule has 0 aromatic heterocycles. The number of carbonyl (C=O) groups excluding carboxylic acids is 1. The van der Waals surface area contributed by atoms with E-state index in [1.807, 2.05) is 44.2 Å². The number of halogens is 1. The Morgan fingerprint density at radius 1 is 1.00 bits per heavy atom. The summed E-state index contributed by atoms with van der Waals surface area (Å²) in [6.07, 6.45) is 0. The fourth-order valence-electron chi connectivity index (χ4n) is 2.27. The van der Waals surface area contributed by atoms with Gasteiger partial charge in [0.25, 0.3) is 0 Å². The van der Waals surface area contributed by atoms with Gasteiger partial charge in [-0.3, -0.25) is 4.79 Å². The van der Waals surface area contributed by atoms with Crippen LogP contribution in [0.1, 0.15) is 26.3 Å². The molecule has 0 saturated carbocycles. The van der Waals surface area contributed by atoms with Gasteiger partial charge in [0.1, 0.15) is 12.4 Å². The summed E-state index contributed by atoms with van der Waals surface area (Å²) in [5.41, 5.74) is 1.56. The van der Waals surface area contributed by atoms with Crippen LogP contribution in [0.15, 0.2) is 40.9 Å². The summed E-state index contributed by atoms with van der Waals surface area (Å²) in [6.45, 7) is 6.76. The van der Waals surface area contributed by atoms with Crippen molar-refractivity contribution in [3.63, 3.8) is 0 Å². The average molecular weight is 408 g/mol. The normalized spacial score (nSPS) is 10.2. The average Bonchev–Trinajstić information content (AvgIpc) is 2.57. The van der Waals surface area contributed by atoms with Crippen molar-refractivity contribution < 1.29 is 19.0 Å². The minimum atomic E-state index is -0.142. The summed E-state index contributed by atoms with van der Waals surface area (Å²) in [7, 11) is 0. The summed E-state index contributed by atoms with van der Waals surface area (Å²) in [5, 5.41) is 2.76. The van der Waals surface area contributed by atoms with E-state index in [9.17, 15) is 4.79 Å². The second-order valence-electron chi connectivity index (χ2n) is 5.22. The summed E-state index contributed by atoms with van der Waals surface area (Å²) >= 11 is 3.55. The number of hydrogen-bond donors (Lipinski definition) is 1. The summed E-state index contributed by atoms with van der Waals surface area (Å²) < 4.78 is 18.0. The van der Waals surface area contributed by atoms with Crippen molar-refractivity contribution in [3.05, 3.63) is 46.4 Å². The Morgan fingerprint density at radius 3 is 2.28 bits per heavy atom. The minimum absolute atomic E-state index is 0.142. The van der Waals surface area contributed by atoms with Gasteiger partial charge in [0, 0.05) is 17.0 Å². The molecule has 6 heteroatoms. The third-order valence-electron chi connectivity index (χ3n) is 3.29. The first-order chi connectivity index (χ1) is 12.0. The second-order valence-corrected chi connectivity index (χ2v) is 6.08. The van der Waals surface area contributed by atoms with Gasteiger partial charge in [-0.2, -0.15) is 0 Å². The Morgan fingerprint density at radius 2 is 1.64 bits per heavy atom. The topological polar surface area (TPSA) is 56.8 Å². The van der Waals surface area contributed by atoms with Gasteiger partial charge in [-0.15, -0.1) is 0 Å². The number of amides is 1. The molecular formula is C19H22BrNO4. The zero-order valence-corrected chi connectivity index (χ0v) is 16.2. The van der Waals surface area contributed by atoms with Gasteiger partial charge in [0.15, 0.2) is 11.5 Å². The number of rotatable bonds is 8. The number of carbonyl (C=O) groups is 1. The predicted octanol–water partition coefficient (Wildman–Crippen LogP) is 4.78. The van der Waals surface area contributed by atoms with Crippen molar-refractivity contribution >= 4 is 27.5 Å². The van der Waals surface area contributed by atoms with Crippen molar-refractivity contribution in [2.24, 2.45) is 0 Å². The van der Waals surface area contributed by atoms with Crippen LogP contribution in [0.25, 0.3) is 0 Å². The van der Waals surface area contributed by atoms with Crippen LogP contribution in [0, 0.1) is 0 Å². The third kappa shape index (κ3) is 5.39. The van der Waals surface area contributed by atoms with Crippen molar-refractivity contribution in [1.82, 2.24) is 0 Å². The molecule has 1 amide bonds. The lowest BCUT2D eigenvalue weighted by Crippen LogP contribution is -2.08. The molecule has 0 spiro atoms. The van der Waals surface area contributed by atoms with Gasteiger partial charge in [0.05, 0.1) is 18.9 Å². The van der Waals surface area contributed by atoms with Crippen LogP contribution in [-0.4, -0.2) is 19.1 Å². The molecule has 1 N–H and O–H groups in total. The van der Waals surface area contributed by atoms with Gasteiger partial charge in [-0.05, 0) is 38.1 Å². The molecule has 2 aromatic carbocycles. The highest BCUT2D eigenvalue weighted by Gasteiger charge is 2.12. The molecule has 0 aliphatic heterocycles. The highest BCUT2D eigenvalue weighted by molar-refractivity contribution is 9.10. The molecule has 0 heterocycles. The standard InChI is InChI=1S/C19H22BrNO4/c1-4-23-18-10-14(15(20)11-19(18)24-5-2)12-25-17-9-7-6-8-16(17)21-13(3)22/h6-11H,4-5,12H2,1-3H3,(H,21,22). The molecule has 0 aliphatic rings. The van der Waals surface area contributed by atoms with Crippen molar-refractivity contribution in [3.8, 4) is 17.2 Å². The first-order valence-corrected chi connectivity index (χ1v) is 8.91. The predicted molar refractivity (Wildman–Crippen MR) is 102 cm³/mol. The number of hydrogen-bond acceptors (Lipinski definition) is 4. The second kappa shape index (κ2) is 9.32. The van der Waals surface area contributed by atoms with Gasteiger partial charge in [-0.1, -0.05) is 28.1 Å². The van der Waals surface area contributed by atoms with Crippen LogP contribution in [-0.2, 0) is 11.4 Å². The third-order valence-corrected chi connectivity index (χ3v) is 4.03. The molecule has 0 bridgehead atoms. The molecule has 25 heavy (non-hydrogen) atoms. The first-order valence-electron chi connectivity index (χ1n) is 8.12. The summed E-state index contributed by atoms with van der Waals surface area (Å²) in [6, 6.07) is 11.1. The maximum absolute atomic E-state index is 11.3. The molecule has 0 aliphatic carbocycles. The van der Waals surface area contributed by atoms with E-state index in [4.69, 9.17) is 14.2 Å². The quantitative estimate of drug-likeness (QED) is 0.683. The van der Waals surface area contributed by atoms with E-state index < -0.39 is 0 Å². The lowest BCUT2D eigenvalue weighted by Gasteiger charge is -2.16. The molecule has 2 aromatic rings. The Kier molecular flexibility index (Phi) is 7.13. The molecule has 0 atom stereocenters. The number of nitrogens with one attached hydrogen (secondary N) is 1. The van der Waals surface area contributed by atoms with E-state index in [1.165, 1.54) is 6.92 Å². The summed E-state index contributed by atoms with van der Waals surface area (Å²) in [5.74, 6) is 1.84. The van der Waals surface area contributed by atoms with E-state index in [0.29, 0.717) is 42.8 Å². The molecule has 5 nitrogen and oxygen atoms in total. The van der Waals surface area contributed by atoms with Crippen LogP contribution < -0.4 is 19.5 Å². The SMILES string of the molecule is CCOc1cc(Br)c(COc2ccccc2NC(C)=O)cc1OCC. The van der Waals surface area contributed by atoms with Crippen LogP contribution in [0.3, 0.4) is 0 Å². The van der Waals surface area contributed by atoms with E-state index in [1.54, 1.807) is 6.07 Å². The van der Waals surface area contributed by atoms with E-state index in [2.05, 4.69) is 21.2 Å². The number of para-hydroxylation sites is 2. The maximum Gasteiger partial charge on any atom is 0.221 e. The molecule has 0 fully saturated rings. The zero-order chi connectivity index (χ0) is 18.2. The Bertz CT molecular complexity index is 733. The summed E-state index contributed by atoms with van der Waals surface area (Å²) in [4.78, 5) is 11.3. The molecule has 2 rings (SSSR count). The van der Waals surface area contributed by atoms with Crippen molar-refractivity contribution in [1.29, 1.82) is 0 Å². The largest absolute Gasteiger partial charge is 0.490 e. The van der Waals surface area contributed by atoms with E-state index in [0.717, 1.165) is 10.0 Å². The van der Waals surface area contributed by atoms with Gasteiger partial charge in [0.2, 0.25) is 5.91 Å². The molecule has 0 saturated heterocycles. The van der Waals surface area contributed by atoms with E-state index in [-0.39, 0.29) is 5.91 Å².